The number of phenols is 1. The van der Waals surface area contributed by atoms with Crippen molar-refractivity contribution in [1.29, 1.82) is 0 Å². The van der Waals surface area contributed by atoms with Crippen LogP contribution in [0.25, 0.3) is 0 Å². The van der Waals surface area contributed by atoms with Crippen LogP contribution in [0.2, 0.25) is 0 Å². The second-order valence-corrected chi connectivity index (χ2v) is 4.65. The summed E-state index contributed by atoms with van der Waals surface area (Å²) in [6.07, 6.45) is 1.11. The summed E-state index contributed by atoms with van der Waals surface area (Å²) in [5, 5.41) is 12.9. The summed E-state index contributed by atoms with van der Waals surface area (Å²) in [6, 6.07) is 5.80. The molecule has 0 amide bonds. The van der Waals surface area contributed by atoms with E-state index in [-0.39, 0.29) is 0 Å². The molecular weight excluding hydrogens is 194 g/mol. The molecule has 0 fully saturated rings. The van der Waals surface area contributed by atoms with Gasteiger partial charge in [0.2, 0.25) is 0 Å². The first kappa shape index (κ1) is 9.87. The molecule has 2 N–H and O–H groups in total. The van der Waals surface area contributed by atoms with Crippen LogP contribution in [-0.4, -0.2) is 24.5 Å². The van der Waals surface area contributed by atoms with Gasteiger partial charge in [-0.15, -0.1) is 11.8 Å². The van der Waals surface area contributed by atoms with E-state index in [0.29, 0.717) is 11.7 Å². The van der Waals surface area contributed by atoms with Crippen molar-refractivity contribution in [2.75, 3.05) is 19.3 Å². The van der Waals surface area contributed by atoms with Crippen LogP contribution in [0, 0.1) is 0 Å². The molecule has 1 aromatic carbocycles. The van der Waals surface area contributed by atoms with Crippen molar-refractivity contribution in [3.8, 4) is 5.75 Å². The number of aromatic hydroxyl groups is 1. The molecule has 0 aliphatic carbocycles. The number of thioether (sulfide) groups is 1. The SMILES string of the molecule is CNCCC1CSc2cccc(O)c21. The van der Waals surface area contributed by atoms with E-state index < -0.39 is 0 Å². The van der Waals surface area contributed by atoms with Crippen LogP contribution in [0.1, 0.15) is 17.9 Å². The summed E-state index contributed by atoms with van der Waals surface area (Å²) in [6.45, 7) is 1.01. The average molecular weight is 209 g/mol. The van der Waals surface area contributed by atoms with Crippen LogP contribution in [-0.2, 0) is 0 Å². The molecule has 0 bridgehead atoms. The predicted molar refractivity (Wildman–Crippen MR) is 60.1 cm³/mol. The fourth-order valence-corrected chi connectivity index (χ4v) is 3.20. The van der Waals surface area contributed by atoms with E-state index in [1.807, 2.05) is 24.9 Å². The Morgan fingerprint density at radius 1 is 1.57 bits per heavy atom. The van der Waals surface area contributed by atoms with E-state index in [2.05, 4.69) is 11.4 Å². The molecule has 0 saturated heterocycles. The maximum atomic E-state index is 9.77. The molecule has 3 heteroatoms. The van der Waals surface area contributed by atoms with Crippen molar-refractivity contribution in [2.24, 2.45) is 0 Å². The van der Waals surface area contributed by atoms with Crippen molar-refractivity contribution in [3.63, 3.8) is 0 Å². The lowest BCUT2D eigenvalue weighted by atomic mass is 9.97. The van der Waals surface area contributed by atoms with Crippen LogP contribution >= 0.6 is 11.8 Å². The van der Waals surface area contributed by atoms with Gasteiger partial charge in [0.1, 0.15) is 5.75 Å². The predicted octanol–water partition coefficient (Wildman–Crippen LogP) is 2.19. The molecule has 0 radical (unpaired) electrons. The van der Waals surface area contributed by atoms with Crippen molar-refractivity contribution in [2.45, 2.75) is 17.2 Å². The molecule has 1 aliphatic rings. The first-order valence-corrected chi connectivity index (χ1v) is 5.90. The number of fused-ring (bicyclic) bond motifs is 1. The maximum Gasteiger partial charge on any atom is 0.120 e. The average Bonchev–Trinajstić information content (AvgIpc) is 2.59. The van der Waals surface area contributed by atoms with Gasteiger partial charge in [-0.1, -0.05) is 6.07 Å². The quantitative estimate of drug-likeness (QED) is 0.800. The van der Waals surface area contributed by atoms with E-state index in [1.54, 1.807) is 6.07 Å². The Labute approximate surface area is 88.7 Å². The maximum absolute atomic E-state index is 9.77. The Morgan fingerprint density at radius 2 is 2.43 bits per heavy atom. The molecule has 14 heavy (non-hydrogen) atoms. The first-order chi connectivity index (χ1) is 6.83. The molecule has 0 aromatic heterocycles. The van der Waals surface area contributed by atoms with Gasteiger partial charge in [-0.25, -0.2) is 0 Å². The summed E-state index contributed by atoms with van der Waals surface area (Å²) in [5.41, 5.74) is 1.16. The Bertz CT molecular complexity index is 327. The number of phenolic OH excluding ortho intramolecular Hbond substituents is 1. The van der Waals surface area contributed by atoms with Gasteiger partial charge in [0.15, 0.2) is 0 Å². The summed E-state index contributed by atoms with van der Waals surface area (Å²) in [5.74, 6) is 2.09. The minimum absolute atomic E-state index is 0.466. The molecule has 0 saturated carbocycles. The Kier molecular flexibility index (Phi) is 2.99. The Morgan fingerprint density at radius 3 is 3.21 bits per heavy atom. The molecule has 2 nitrogen and oxygen atoms in total. The van der Waals surface area contributed by atoms with Crippen molar-refractivity contribution in [1.82, 2.24) is 5.32 Å². The highest BCUT2D eigenvalue weighted by Gasteiger charge is 2.25. The second kappa shape index (κ2) is 4.24. The topological polar surface area (TPSA) is 32.3 Å². The summed E-state index contributed by atoms with van der Waals surface area (Å²) in [4.78, 5) is 1.26. The fourth-order valence-electron chi connectivity index (χ4n) is 1.89. The lowest BCUT2D eigenvalue weighted by molar-refractivity contribution is 0.459. The van der Waals surface area contributed by atoms with Gasteiger partial charge in [-0.3, -0.25) is 0 Å². The molecule has 76 valence electrons. The van der Waals surface area contributed by atoms with Crippen LogP contribution in [0.3, 0.4) is 0 Å². The molecule has 2 rings (SSSR count). The minimum atomic E-state index is 0.466. The number of hydrogen-bond acceptors (Lipinski definition) is 3. The van der Waals surface area contributed by atoms with Gasteiger partial charge in [0.05, 0.1) is 0 Å². The van der Waals surface area contributed by atoms with Gasteiger partial charge < -0.3 is 10.4 Å². The summed E-state index contributed by atoms with van der Waals surface area (Å²) < 4.78 is 0. The monoisotopic (exact) mass is 209 g/mol. The normalized spacial score (nSPS) is 19.6. The largest absolute Gasteiger partial charge is 0.508 e. The lowest BCUT2D eigenvalue weighted by Crippen LogP contribution is -2.12. The third-order valence-electron chi connectivity index (χ3n) is 2.63. The minimum Gasteiger partial charge on any atom is -0.508 e. The van der Waals surface area contributed by atoms with Gasteiger partial charge in [-0.2, -0.15) is 0 Å². The zero-order chi connectivity index (χ0) is 9.97. The molecule has 1 heterocycles. The van der Waals surface area contributed by atoms with Crippen molar-refractivity contribution >= 4 is 11.8 Å². The van der Waals surface area contributed by atoms with E-state index in [4.69, 9.17) is 0 Å². The Balaban J connectivity index is 2.20. The van der Waals surface area contributed by atoms with Crippen molar-refractivity contribution < 1.29 is 5.11 Å². The molecule has 1 atom stereocenters. The fraction of sp³-hybridized carbons (Fsp3) is 0.455. The highest BCUT2D eigenvalue weighted by atomic mass is 32.2. The van der Waals surface area contributed by atoms with Gasteiger partial charge in [0, 0.05) is 16.2 Å². The molecular formula is C11H15NOS. The third kappa shape index (κ3) is 1.74. The molecule has 1 aromatic rings. The zero-order valence-corrected chi connectivity index (χ0v) is 9.10. The number of nitrogens with one attached hydrogen (secondary N) is 1. The van der Waals surface area contributed by atoms with Crippen LogP contribution in [0.15, 0.2) is 23.1 Å². The second-order valence-electron chi connectivity index (χ2n) is 3.59. The van der Waals surface area contributed by atoms with Crippen LogP contribution in [0.5, 0.6) is 5.75 Å². The van der Waals surface area contributed by atoms with Crippen LogP contribution < -0.4 is 5.32 Å². The Hall–Kier alpha value is -0.670. The molecule has 1 aliphatic heterocycles. The van der Waals surface area contributed by atoms with E-state index in [0.717, 1.165) is 24.3 Å². The first-order valence-electron chi connectivity index (χ1n) is 4.92. The highest BCUT2D eigenvalue weighted by molar-refractivity contribution is 7.99. The van der Waals surface area contributed by atoms with E-state index in [1.165, 1.54) is 4.90 Å². The number of benzene rings is 1. The smallest absolute Gasteiger partial charge is 0.120 e. The summed E-state index contributed by atoms with van der Waals surface area (Å²) >= 11 is 1.85. The van der Waals surface area contributed by atoms with Crippen molar-refractivity contribution in [3.05, 3.63) is 23.8 Å². The standard InChI is InChI=1S/C11H15NOS/c1-12-6-5-8-7-14-10-4-2-3-9(13)11(8)10/h2-4,8,12-13H,5-7H2,1H3. The van der Waals surface area contributed by atoms with Gasteiger partial charge in [-0.05, 0) is 38.1 Å². The lowest BCUT2D eigenvalue weighted by Gasteiger charge is -2.11. The van der Waals surface area contributed by atoms with Gasteiger partial charge in [0.25, 0.3) is 0 Å². The molecule has 0 spiro atoms. The van der Waals surface area contributed by atoms with Gasteiger partial charge >= 0.3 is 0 Å². The third-order valence-corrected chi connectivity index (χ3v) is 3.87. The number of hydrogen-bond donors (Lipinski definition) is 2. The molecule has 1 unspecified atom stereocenters. The summed E-state index contributed by atoms with van der Waals surface area (Å²) in [7, 11) is 1.97. The highest BCUT2D eigenvalue weighted by Crippen LogP contribution is 2.45. The van der Waals surface area contributed by atoms with E-state index >= 15 is 0 Å². The number of rotatable bonds is 3. The van der Waals surface area contributed by atoms with Crippen LogP contribution in [0.4, 0.5) is 0 Å². The van der Waals surface area contributed by atoms with E-state index in [9.17, 15) is 5.11 Å². The zero-order valence-electron chi connectivity index (χ0n) is 8.29.